The summed E-state index contributed by atoms with van der Waals surface area (Å²) in [4.78, 5) is 55.9. The minimum atomic E-state index is -1.26. The number of thioether (sulfide) groups is 1. The van der Waals surface area contributed by atoms with Gasteiger partial charge in [0.25, 0.3) is 5.69 Å². The van der Waals surface area contributed by atoms with Gasteiger partial charge in [-0.05, 0) is 12.0 Å². The standard InChI is InChI=1S/C17H22N4O8S/c18-12(17(26)27)4-5-14(22)20-13(16(25)19-7-15(23)24)9-30-8-10-2-1-3-11(6-10)21(28)29/h1-3,6,12-13H,4-5,7-9,18H2,(H,19,25)(H,20,22)(H,23,24)(H,26,27). The molecule has 0 fully saturated rings. The minimum Gasteiger partial charge on any atom is -0.480 e. The lowest BCUT2D eigenvalue weighted by molar-refractivity contribution is -0.384. The van der Waals surface area contributed by atoms with E-state index >= 15 is 0 Å². The summed E-state index contributed by atoms with van der Waals surface area (Å²) in [6, 6.07) is 3.63. The van der Waals surface area contributed by atoms with Crippen LogP contribution in [0.15, 0.2) is 24.3 Å². The van der Waals surface area contributed by atoms with E-state index in [0.717, 1.165) is 0 Å². The monoisotopic (exact) mass is 442 g/mol. The number of non-ortho nitro benzene ring substituents is 1. The third-order valence-electron chi connectivity index (χ3n) is 3.74. The predicted molar refractivity (Wildman–Crippen MR) is 107 cm³/mol. The molecule has 2 amide bonds. The first-order chi connectivity index (χ1) is 14.1. The number of carboxylic acid groups (broad SMARTS) is 2. The third kappa shape index (κ3) is 9.34. The fourth-order valence-electron chi connectivity index (χ4n) is 2.20. The lowest BCUT2D eigenvalue weighted by Crippen LogP contribution is -2.49. The Morgan fingerprint density at radius 3 is 2.53 bits per heavy atom. The average Bonchev–Trinajstić information content (AvgIpc) is 2.69. The molecular formula is C17H22N4O8S. The minimum absolute atomic E-state index is 0.0604. The van der Waals surface area contributed by atoms with Gasteiger partial charge in [-0.15, -0.1) is 0 Å². The van der Waals surface area contributed by atoms with Crippen LogP contribution in [0.5, 0.6) is 0 Å². The van der Waals surface area contributed by atoms with Crippen LogP contribution < -0.4 is 16.4 Å². The molecule has 0 aromatic heterocycles. The molecule has 0 aliphatic rings. The molecule has 1 aromatic carbocycles. The number of carbonyl (C=O) groups excluding carboxylic acids is 2. The molecule has 0 aliphatic heterocycles. The van der Waals surface area contributed by atoms with Gasteiger partial charge in [-0.25, -0.2) is 0 Å². The summed E-state index contributed by atoms with van der Waals surface area (Å²) in [5.41, 5.74) is 5.90. The molecule has 164 valence electrons. The highest BCUT2D eigenvalue weighted by Gasteiger charge is 2.22. The van der Waals surface area contributed by atoms with Crippen molar-refractivity contribution >= 4 is 41.2 Å². The van der Waals surface area contributed by atoms with Crippen LogP contribution in [-0.2, 0) is 24.9 Å². The maximum absolute atomic E-state index is 12.2. The van der Waals surface area contributed by atoms with Crippen LogP contribution in [-0.4, -0.2) is 63.3 Å². The van der Waals surface area contributed by atoms with Gasteiger partial charge in [0.1, 0.15) is 18.6 Å². The smallest absolute Gasteiger partial charge is 0.322 e. The van der Waals surface area contributed by atoms with Gasteiger partial charge in [0.05, 0.1) is 4.92 Å². The zero-order valence-electron chi connectivity index (χ0n) is 15.8. The number of amides is 2. The SMILES string of the molecule is NC(CCC(=O)NC(CSCc1cccc([N+](=O)[O-])c1)C(=O)NCC(=O)O)C(=O)O. The summed E-state index contributed by atoms with van der Waals surface area (Å²) in [7, 11) is 0. The van der Waals surface area contributed by atoms with Gasteiger partial charge in [0, 0.05) is 30.1 Å². The number of nitrogens with two attached hydrogens (primary N) is 1. The number of nitrogens with one attached hydrogen (secondary N) is 2. The van der Waals surface area contributed by atoms with Gasteiger partial charge in [0.15, 0.2) is 0 Å². The van der Waals surface area contributed by atoms with Crippen LogP contribution in [0.3, 0.4) is 0 Å². The highest BCUT2D eigenvalue weighted by molar-refractivity contribution is 7.98. The Bertz CT molecular complexity index is 804. The summed E-state index contributed by atoms with van der Waals surface area (Å²) < 4.78 is 0. The van der Waals surface area contributed by atoms with E-state index in [9.17, 15) is 29.3 Å². The second-order valence-corrected chi connectivity index (χ2v) is 7.19. The Hall–Kier alpha value is -3.19. The lowest BCUT2D eigenvalue weighted by Gasteiger charge is -2.18. The van der Waals surface area contributed by atoms with Crippen LogP contribution in [0.2, 0.25) is 0 Å². The first-order valence-electron chi connectivity index (χ1n) is 8.68. The fraction of sp³-hybridized carbons (Fsp3) is 0.412. The summed E-state index contributed by atoms with van der Waals surface area (Å²) in [5.74, 6) is -3.48. The Labute approximate surface area is 175 Å². The van der Waals surface area contributed by atoms with Crippen molar-refractivity contribution in [3.8, 4) is 0 Å². The Kier molecular flexibility index (Phi) is 10.3. The van der Waals surface area contributed by atoms with Gasteiger partial charge in [-0.2, -0.15) is 11.8 Å². The van der Waals surface area contributed by atoms with Crippen LogP contribution in [0.1, 0.15) is 18.4 Å². The molecule has 0 saturated carbocycles. The molecule has 0 spiro atoms. The normalized spacial score (nSPS) is 12.4. The summed E-state index contributed by atoms with van der Waals surface area (Å²) >= 11 is 1.20. The molecule has 0 bridgehead atoms. The maximum atomic E-state index is 12.2. The van der Waals surface area contributed by atoms with Crippen LogP contribution >= 0.6 is 11.8 Å². The molecule has 6 N–H and O–H groups in total. The highest BCUT2D eigenvalue weighted by Crippen LogP contribution is 2.18. The third-order valence-corrected chi connectivity index (χ3v) is 4.85. The van der Waals surface area contributed by atoms with Crippen molar-refractivity contribution in [3.05, 3.63) is 39.9 Å². The first-order valence-corrected chi connectivity index (χ1v) is 9.84. The summed E-state index contributed by atoms with van der Waals surface area (Å²) in [6.07, 6.45) is -0.364. The van der Waals surface area contributed by atoms with E-state index in [-0.39, 0.29) is 24.3 Å². The molecule has 12 nitrogen and oxygen atoms in total. The number of nitro groups is 1. The summed E-state index contributed by atoms with van der Waals surface area (Å²) in [6.45, 7) is -0.634. The Morgan fingerprint density at radius 2 is 1.93 bits per heavy atom. The van der Waals surface area contributed by atoms with Crippen LogP contribution in [0.25, 0.3) is 0 Å². The number of hydrogen-bond acceptors (Lipinski definition) is 8. The quantitative estimate of drug-likeness (QED) is 0.199. The molecule has 0 saturated heterocycles. The molecule has 0 heterocycles. The van der Waals surface area contributed by atoms with Crippen molar-refractivity contribution in [2.75, 3.05) is 12.3 Å². The number of hydrogen-bond donors (Lipinski definition) is 5. The van der Waals surface area contributed by atoms with Crippen LogP contribution in [0.4, 0.5) is 5.69 Å². The van der Waals surface area contributed by atoms with Crippen molar-refractivity contribution in [1.82, 2.24) is 10.6 Å². The van der Waals surface area contributed by atoms with Gasteiger partial charge in [0.2, 0.25) is 11.8 Å². The first kappa shape index (κ1) is 24.8. The molecule has 0 aliphatic carbocycles. The van der Waals surface area contributed by atoms with Crippen molar-refractivity contribution < 1.29 is 34.3 Å². The Balaban J connectivity index is 2.68. The predicted octanol–water partition coefficient (Wildman–Crippen LogP) is -0.294. The van der Waals surface area contributed by atoms with Crippen LogP contribution in [0, 0.1) is 10.1 Å². The van der Waals surface area contributed by atoms with E-state index in [1.54, 1.807) is 6.07 Å². The van der Waals surface area contributed by atoms with E-state index in [4.69, 9.17) is 15.9 Å². The van der Waals surface area contributed by atoms with Crippen molar-refractivity contribution in [3.63, 3.8) is 0 Å². The van der Waals surface area contributed by atoms with Gasteiger partial charge < -0.3 is 26.6 Å². The second-order valence-electron chi connectivity index (χ2n) is 6.16. The van der Waals surface area contributed by atoms with Gasteiger partial charge in [-0.1, -0.05) is 12.1 Å². The number of nitrogens with zero attached hydrogens (tertiary/aromatic N) is 1. The number of carbonyl (C=O) groups is 4. The second kappa shape index (κ2) is 12.4. The average molecular weight is 442 g/mol. The fourth-order valence-corrected chi connectivity index (χ4v) is 3.20. The number of rotatable bonds is 13. The maximum Gasteiger partial charge on any atom is 0.322 e. The van der Waals surface area contributed by atoms with E-state index in [0.29, 0.717) is 11.3 Å². The molecule has 2 unspecified atom stereocenters. The molecule has 1 aromatic rings. The zero-order valence-corrected chi connectivity index (χ0v) is 16.6. The molecular weight excluding hydrogens is 420 g/mol. The van der Waals surface area contributed by atoms with Crippen molar-refractivity contribution in [1.29, 1.82) is 0 Å². The zero-order chi connectivity index (χ0) is 22.7. The number of nitro benzene ring substituents is 1. The molecule has 13 heteroatoms. The highest BCUT2D eigenvalue weighted by atomic mass is 32.2. The summed E-state index contributed by atoms with van der Waals surface area (Å²) in [5, 5.41) is 32.9. The van der Waals surface area contributed by atoms with E-state index in [1.165, 1.54) is 30.0 Å². The lowest BCUT2D eigenvalue weighted by atomic mass is 10.1. The molecule has 1 rings (SSSR count). The topological polar surface area (TPSA) is 202 Å². The van der Waals surface area contributed by atoms with E-state index < -0.39 is 47.3 Å². The molecule has 30 heavy (non-hydrogen) atoms. The number of aliphatic carboxylic acids is 2. The Morgan fingerprint density at radius 1 is 1.23 bits per heavy atom. The van der Waals surface area contributed by atoms with Gasteiger partial charge >= 0.3 is 11.9 Å². The van der Waals surface area contributed by atoms with Crippen molar-refractivity contribution in [2.24, 2.45) is 5.73 Å². The van der Waals surface area contributed by atoms with Crippen molar-refractivity contribution in [2.45, 2.75) is 30.7 Å². The number of benzene rings is 1. The molecule has 0 radical (unpaired) electrons. The van der Waals surface area contributed by atoms with E-state index in [2.05, 4.69) is 10.6 Å². The van der Waals surface area contributed by atoms with Gasteiger partial charge in [-0.3, -0.25) is 29.3 Å². The largest absolute Gasteiger partial charge is 0.480 e. The molecule has 2 atom stereocenters. The number of carboxylic acids is 2. The van der Waals surface area contributed by atoms with E-state index in [1.807, 2.05) is 0 Å².